The van der Waals surface area contributed by atoms with Crippen LogP contribution in [0.5, 0.6) is 0 Å². The number of alkyl halides is 3. The van der Waals surface area contributed by atoms with Crippen molar-refractivity contribution in [2.45, 2.75) is 12.7 Å². The maximum atomic E-state index is 12.7. The topological polar surface area (TPSA) is 79.8 Å². The lowest BCUT2D eigenvalue weighted by Gasteiger charge is -2.10. The van der Waals surface area contributed by atoms with E-state index in [9.17, 15) is 18.0 Å². The fraction of sp³-hybridized carbons (Fsp3) is 0.111. The molecular formula is C18H14F3N5O. The van der Waals surface area contributed by atoms with Crippen LogP contribution in [-0.4, -0.2) is 20.9 Å². The lowest BCUT2D eigenvalue weighted by molar-refractivity contribution is -0.137. The first-order valence-corrected chi connectivity index (χ1v) is 7.85. The van der Waals surface area contributed by atoms with Gasteiger partial charge >= 0.3 is 6.18 Å². The summed E-state index contributed by atoms with van der Waals surface area (Å²) >= 11 is 0. The van der Waals surface area contributed by atoms with Crippen LogP contribution < -0.4 is 10.6 Å². The van der Waals surface area contributed by atoms with Crippen molar-refractivity contribution in [3.05, 3.63) is 78.0 Å². The zero-order valence-electron chi connectivity index (χ0n) is 13.9. The third kappa shape index (κ3) is 5.00. The van der Waals surface area contributed by atoms with Crippen LogP contribution in [0.2, 0.25) is 0 Å². The number of pyridine rings is 1. The summed E-state index contributed by atoms with van der Waals surface area (Å²) in [4.78, 5) is 24.2. The van der Waals surface area contributed by atoms with Crippen LogP contribution in [0.4, 0.5) is 24.7 Å². The molecule has 27 heavy (non-hydrogen) atoms. The number of hydrogen-bond acceptors (Lipinski definition) is 5. The van der Waals surface area contributed by atoms with Gasteiger partial charge in [-0.2, -0.15) is 13.2 Å². The van der Waals surface area contributed by atoms with Crippen molar-refractivity contribution in [1.82, 2.24) is 15.0 Å². The molecule has 3 aromatic rings. The summed E-state index contributed by atoms with van der Waals surface area (Å²) in [6.45, 7) is 0.484. The molecule has 0 aliphatic heterocycles. The minimum Gasteiger partial charge on any atom is -0.365 e. The van der Waals surface area contributed by atoms with E-state index in [2.05, 4.69) is 25.6 Å². The predicted molar refractivity (Wildman–Crippen MR) is 93.0 cm³/mol. The Morgan fingerprint density at radius 1 is 1.04 bits per heavy atom. The fourth-order valence-corrected chi connectivity index (χ4v) is 2.20. The molecule has 0 saturated heterocycles. The van der Waals surface area contributed by atoms with Gasteiger partial charge in [0.1, 0.15) is 11.5 Å². The number of aromatic nitrogens is 3. The lowest BCUT2D eigenvalue weighted by atomic mass is 10.2. The van der Waals surface area contributed by atoms with Crippen LogP contribution in [0, 0.1) is 0 Å². The van der Waals surface area contributed by atoms with Crippen molar-refractivity contribution in [1.29, 1.82) is 0 Å². The summed E-state index contributed by atoms with van der Waals surface area (Å²) in [5, 5.41) is 5.41. The maximum absolute atomic E-state index is 12.7. The molecule has 0 aliphatic carbocycles. The van der Waals surface area contributed by atoms with E-state index in [1.54, 1.807) is 12.4 Å². The number of halogens is 3. The van der Waals surface area contributed by atoms with Crippen molar-refractivity contribution >= 4 is 17.4 Å². The van der Waals surface area contributed by atoms with Crippen LogP contribution in [0.25, 0.3) is 0 Å². The smallest absolute Gasteiger partial charge is 0.365 e. The number of nitrogens with one attached hydrogen (secondary N) is 2. The Balaban J connectivity index is 1.62. The molecule has 0 fully saturated rings. The number of hydrogen-bond donors (Lipinski definition) is 2. The van der Waals surface area contributed by atoms with Gasteiger partial charge in [-0.05, 0) is 29.8 Å². The molecule has 1 amide bonds. The Kier molecular flexibility index (Phi) is 5.30. The van der Waals surface area contributed by atoms with Gasteiger partial charge in [0.2, 0.25) is 0 Å². The lowest BCUT2D eigenvalue weighted by Crippen LogP contribution is -2.15. The highest BCUT2D eigenvalue weighted by molar-refractivity contribution is 6.02. The van der Waals surface area contributed by atoms with Gasteiger partial charge in [0, 0.05) is 24.6 Å². The molecule has 0 aliphatic rings. The minimum atomic E-state index is -4.48. The molecule has 3 rings (SSSR count). The van der Waals surface area contributed by atoms with Crippen LogP contribution in [0.1, 0.15) is 21.6 Å². The van der Waals surface area contributed by atoms with E-state index in [0.717, 1.165) is 17.7 Å². The van der Waals surface area contributed by atoms with E-state index in [0.29, 0.717) is 12.4 Å². The SMILES string of the molecule is O=C(Nc1cccc(C(F)(F)F)c1)c1cnc(NCc2cccnc2)cn1. The van der Waals surface area contributed by atoms with Gasteiger partial charge in [-0.25, -0.2) is 9.97 Å². The van der Waals surface area contributed by atoms with Crippen molar-refractivity contribution in [2.24, 2.45) is 0 Å². The van der Waals surface area contributed by atoms with E-state index in [4.69, 9.17) is 0 Å². The van der Waals surface area contributed by atoms with Crippen LogP contribution in [0.15, 0.2) is 61.2 Å². The van der Waals surface area contributed by atoms with Crippen LogP contribution in [-0.2, 0) is 12.7 Å². The molecule has 0 atom stereocenters. The zero-order valence-corrected chi connectivity index (χ0v) is 13.9. The number of rotatable bonds is 5. The first-order valence-electron chi connectivity index (χ1n) is 7.85. The second-order valence-electron chi connectivity index (χ2n) is 5.53. The van der Waals surface area contributed by atoms with Gasteiger partial charge in [0.15, 0.2) is 0 Å². The highest BCUT2D eigenvalue weighted by atomic mass is 19.4. The number of carbonyl (C=O) groups excluding carboxylic acids is 1. The van der Waals surface area contributed by atoms with E-state index in [1.807, 2.05) is 12.1 Å². The summed E-state index contributed by atoms with van der Waals surface area (Å²) in [6, 6.07) is 8.07. The highest BCUT2D eigenvalue weighted by Crippen LogP contribution is 2.30. The normalized spacial score (nSPS) is 11.1. The summed E-state index contributed by atoms with van der Waals surface area (Å²) in [6.07, 6.45) is 1.51. The molecule has 138 valence electrons. The van der Waals surface area contributed by atoms with E-state index in [-0.39, 0.29) is 11.4 Å². The van der Waals surface area contributed by atoms with E-state index in [1.165, 1.54) is 24.5 Å². The number of nitrogens with zero attached hydrogens (tertiary/aromatic N) is 3. The van der Waals surface area contributed by atoms with Gasteiger partial charge < -0.3 is 10.6 Å². The first-order chi connectivity index (χ1) is 12.9. The summed E-state index contributed by atoms with van der Waals surface area (Å²) in [5.41, 5.74) is 0.113. The van der Waals surface area contributed by atoms with Crippen molar-refractivity contribution in [3.8, 4) is 0 Å². The largest absolute Gasteiger partial charge is 0.416 e. The van der Waals surface area contributed by atoms with Crippen molar-refractivity contribution < 1.29 is 18.0 Å². The monoisotopic (exact) mass is 373 g/mol. The van der Waals surface area contributed by atoms with Gasteiger partial charge in [-0.15, -0.1) is 0 Å². The molecule has 0 spiro atoms. The van der Waals surface area contributed by atoms with E-state index >= 15 is 0 Å². The fourth-order valence-electron chi connectivity index (χ4n) is 2.20. The highest BCUT2D eigenvalue weighted by Gasteiger charge is 2.30. The predicted octanol–water partition coefficient (Wildman–Crippen LogP) is 3.75. The van der Waals surface area contributed by atoms with Crippen molar-refractivity contribution in [3.63, 3.8) is 0 Å². The molecule has 0 bridgehead atoms. The molecule has 2 heterocycles. The average Bonchev–Trinajstić information content (AvgIpc) is 2.67. The third-order valence-corrected chi connectivity index (χ3v) is 3.53. The molecule has 2 aromatic heterocycles. The van der Waals surface area contributed by atoms with Crippen LogP contribution in [0.3, 0.4) is 0 Å². The van der Waals surface area contributed by atoms with Gasteiger partial charge in [-0.3, -0.25) is 9.78 Å². The molecule has 0 unspecified atom stereocenters. The number of carbonyl (C=O) groups is 1. The molecule has 2 N–H and O–H groups in total. The Morgan fingerprint density at radius 3 is 2.56 bits per heavy atom. The molecule has 1 aromatic carbocycles. The van der Waals surface area contributed by atoms with Gasteiger partial charge in [0.25, 0.3) is 5.91 Å². The number of anilines is 2. The maximum Gasteiger partial charge on any atom is 0.416 e. The summed E-state index contributed by atoms with van der Waals surface area (Å²) in [7, 11) is 0. The Hall–Kier alpha value is -3.49. The van der Waals surface area contributed by atoms with E-state index < -0.39 is 17.6 Å². The summed E-state index contributed by atoms with van der Waals surface area (Å²) in [5.74, 6) is -0.199. The Morgan fingerprint density at radius 2 is 1.89 bits per heavy atom. The second kappa shape index (κ2) is 7.81. The standard InChI is InChI=1S/C18H14F3N5O/c19-18(20,21)13-4-1-5-14(7-13)26-17(27)15-10-25-16(11-23-15)24-9-12-3-2-6-22-8-12/h1-8,10-11H,9H2,(H,24,25)(H,26,27). The average molecular weight is 373 g/mol. The van der Waals surface area contributed by atoms with Gasteiger partial charge in [-0.1, -0.05) is 12.1 Å². The molecule has 9 heteroatoms. The van der Waals surface area contributed by atoms with Gasteiger partial charge in [0.05, 0.1) is 18.0 Å². The van der Waals surface area contributed by atoms with Crippen LogP contribution >= 0.6 is 0 Å². The molecular weight excluding hydrogens is 359 g/mol. The second-order valence-corrected chi connectivity index (χ2v) is 5.53. The third-order valence-electron chi connectivity index (χ3n) is 3.53. The quantitative estimate of drug-likeness (QED) is 0.712. The Bertz CT molecular complexity index is 914. The minimum absolute atomic E-state index is 0.0145. The first kappa shape index (κ1) is 18.3. The molecule has 0 saturated carbocycles. The Labute approximate surface area is 152 Å². The summed E-state index contributed by atoms with van der Waals surface area (Å²) < 4.78 is 38.2. The number of amides is 1. The molecule has 6 nitrogen and oxygen atoms in total. The van der Waals surface area contributed by atoms with Crippen molar-refractivity contribution in [2.75, 3.05) is 10.6 Å². The molecule has 0 radical (unpaired) electrons. The zero-order chi connectivity index (χ0) is 19.3. The number of benzene rings is 1.